The Morgan fingerprint density at radius 3 is 2.79 bits per heavy atom. The molecule has 0 saturated heterocycles. The maximum Gasteiger partial charge on any atom is 0.299 e. The quantitative estimate of drug-likeness (QED) is 0.725. The topological polar surface area (TPSA) is 65.2 Å². The van der Waals surface area contributed by atoms with Crippen molar-refractivity contribution in [2.75, 3.05) is 0 Å². The highest BCUT2D eigenvalue weighted by Crippen LogP contribution is 2.21. The number of hydrogen-bond donors (Lipinski definition) is 0. The Hall–Kier alpha value is -2.64. The van der Waals surface area contributed by atoms with Gasteiger partial charge in [0.1, 0.15) is 5.75 Å². The molecule has 19 heavy (non-hydrogen) atoms. The van der Waals surface area contributed by atoms with Crippen LogP contribution >= 0.6 is 0 Å². The molecule has 0 amide bonds. The van der Waals surface area contributed by atoms with Gasteiger partial charge in [0.2, 0.25) is 11.7 Å². The van der Waals surface area contributed by atoms with Gasteiger partial charge < -0.3 is 4.74 Å². The number of hydrogen-bond acceptors (Lipinski definition) is 5. The van der Waals surface area contributed by atoms with E-state index in [2.05, 4.69) is 20.3 Å². The van der Waals surface area contributed by atoms with Gasteiger partial charge in [0, 0.05) is 12.3 Å². The van der Waals surface area contributed by atoms with Gasteiger partial charge in [-0.05, 0) is 18.2 Å². The second-order valence-corrected chi connectivity index (χ2v) is 3.59. The van der Waals surface area contributed by atoms with Gasteiger partial charge in [0.05, 0.1) is 6.20 Å². The molecule has 3 aromatic rings. The molecule has 96 valence electrons. The number of fused-ring (bicyclic) bond motifs is 1. The third-order valence-corrected chi connectivity index (χ3v) is 2.31. The molecule has 0 aliphatic heterocycles. The fourth-order valence-electron chi connectivity index (χ4n) is 1.51. The monoisotopic (exact) mass is 263 g/mol. The lowest BCUT2D eigenvalue weighted by Gasteiger charge is -2.04. The molecule has 0 unspecified atom stereocenters. The molecular formula is C11H7F2N5O. The van der Waals surface area contributed by atoms with E-state index in [1.54, 1.807) is 18.3 Å². The largest absolute Gasteiger partial charge is 0.436 e. The van der Waals surface area contributed by atoms with Crippen molar-refractivity contribution in [3.63, 3.8) is 0 Å². The SMILES string of the molecule is FC(F)c1nnc2ccc(Oc3cccnc3)nn12. The minimum absolute atomic E-state index is 0.155. The lowest BCUT2D eigenvalue weighted by atomic mass is 10.4. The number of rotatable bonds is 3. The van der Waals surface area contributed by atoms with Crippen LogP contribution in [0.5, 0.6) is 11.6 Å². The highest BCUT2D eigenvalue weighted by molar-refractivity contribution is 5.38. The van der Waals surface area contributed by atoms with Crippen LogP contribution in [-0.2, 0) is 0 Å². The van der Waals surface area contributed by atoms with E-state index in [4.69, 9.17) is 4.74 Å². The van der Waals surface area contributed by atoms with Crippen LogP contribution in [0.1, 0.15) is 12.2 Å². The smallest absolute Gasteiger partial charge is 0.299 e. The summed E-state index contributed by atoms with van der Waals surface area (Å²) in [5.74, 6) is 0.0925. The number of alkyl halides is 2. The summed E-state index contributed by atoms with van der Waals surface area (Å²) in [6.07, 6.45) is 0.334. The van der Waals surface area contributed by atoms with Gasteiger partial charge in [-0.1, -0.05) is 0 Å². The molecule has 0 bridgehead atoms. The normalized spacial score (nSPS) is 11.1. The predicted octanol–water partition coefficient (Wildman–Crippen LogP) is 2.25. The van der Waals surface area contributed by atoms with Gasteiger partial charge in [0.15, 0.2) is 5.65 Å². The molecule has 3 aromatic heterocycles. The zero-order valence-electron chi connectivity index (χ0n) is 9.44. The Balaban J connectivity index is 1.99. The third kappa shape index (κ3) is 2.19. The van der Waals surface area contributed by atoms with Gasteiger partial charge >= 0.3 is 0 Å². The van der Waals surface area contributed by atoms with E-state index >= 15 is 0 Å². The first kappa shape index (κ1) is 11.5. The van der Waals surface area contributed by atoms with Crippen molar-refractivity contribution in [2.45, 2.75) is 6.43 Å². The molecule has 0 aromatic carbocycles. The molecular weight excluding hydrogens is 256 g/mol. The summed E-state index contributed by atoms with van der Waals surface area (Å²) < 4.78 is 31.7. The molecule has 3 rings (SSSR count). The van der Waals surface area contributed by atoms with Crippen molar-refractivity contribution >= 4 is 5.65 Å². The van der Waals surface area contributed by atoms with Gasteiger partial charge in [-0.15, -0.1) is 15.3 Å². The minimum Gasteiger partial charge on any atom is -0.436 e. The van der Waals surface area contributed by atoms with E-state index in [1.807, 2.05) is 0 Å². The highest BCUT2D eigenvalue weighted by Gasteiger charge is 2.17. The summed E-state index contributed by atoms with van der Waals surface area (Å²) >= 11 is 0. The number of nitrogens with zero attached hydrogens (tertiary/aromatic N) is 5. The van der Waals surface area contributed by atoms with Gasteiger partial charge in [-0.2, -0.15) is 4.52 Å². The first-order chi connectivity index (χ1) is 9.24. The second kappa shape index (κ2) is 4.56. The molecule has 0 aliphatic carbocycles. The Kier molecular flexibility index (Phi) is 2.75. The molecule has 6 nitrogen and oxygen atoms in total. The lowest BCUT2D eigenvalue weighted by molar-refractivity contribution is 0.137. The maximum atomic E-state index is 12.7. The summed E-state index contributed by atoms with van der Waals surface area (Å²) in [4.78, 5) is 3.87. The molecule has 0 aliphatic rings. The first-order valence-electron chi connectivity index (χ1n) is 5.32. The summed E-state index contributed by atoms with van der Waals surface area (Å²) in [6.45, 7) is 0. The fourth-order valence-corrected chi connectivity index (χ4v) is 1.51. The average molecular weight is 263 g/mol. The highest BCUT2D eigenvalue weighted by atomic mass is 19.3. The summed E-state index contributed by atoms with van der Waals surface area (Å²) in [6, 6.07) is 6.39. The Morgan fingerprint density at radius 1 is 1.16 bits per heavy atom. The maximum absolute atomic E-state index is 12.7. The molecule has 0 saturated carbocycles. The molecule has 0 atom stereocenters. The number of halogens is 2. The van der Waals surface area contributed by atoms with Crippen molar-refractivity contribution in [3.05, 3.63) is 42.5 Å². The van der Waals surface area contributed by atoms with Crippen molar-refractivity contribution in [1.29, 1.82) is 0 Å². The molecule has 0 spiro atoms. The Labute approximate surface area is 105 Å². The van der Waals surface area contributed by atoms with Crippen LogP contribution in [0, 0.1) is 0 Å². The van der Waals surface area contributed by atoms with Crippen molar-refractivity contribution < 1.29 is 13.5 Å². The van der Waals surface area contributed by atoms with E-state index in [0.29, 0.717) is 5.75 Å². The minimum atomic E-state index is -2.75. The van der Waals surface area contributed by atoms with E-state index < -0.39 is 12.2 Å². The Bertz CT molecular complexity index is 701. The van der Waals surface area contributed by atoms with E-state index in [-0.39, 0.29) is 11.5 Å². The number of pyridine rings is 1. The average Bonchev–Trinajstić information content (AvgIpc) is 2.83. The summed E-state index contributed by atoms with van der Waals surface area (Å²) in [7, 11) is 0. The van der Waals surface area contributed by atoms with Crippen molar-refractivity contribution in [2.24, 2.45) is 0 Å². The Morgan fingerprint density at radius 2 is 2.05 bits per heavy atom. The van der Waals surface area contributed by atoms with E-state index in [1.165, 1.54) is 18.3 Å². The van der Waals surface area contributed by atoms with E-state index in [0.717, 1.165) is 4.52 Å². The predicted molar refractivity (Wildman–Crippen MR) is 60.1 cm³/mol. The fraction of sp³-hybridized carbons (Fsp3) is 0.0909. The van der Waals surface area contributed by atoms with Crippen LogP contribution in [0.2, 0.25) is 0 Å². The van der Waals surface area contributed by atoms with Crippen LogP contribution in [0.15, 0.2) is 36.7 Å². The molecule has 3 heterocycles. The standard InChI is InChI=1S/C11H7F2N5O/c12-10(13)11-16-15-8-3-4-9(17-18(8)11)19-7-2-1-5-14-6-7/h1-6,10H. The molecule has 0 N–H and O–H groups in total. The molecule has 8 heteroatoms. The van der Waals surface area contributed by atoms with Crippen LogP contribution in [0.4, 0.5) is 8.78 Å². The number of ether oxygens (including phenoxy) is 1. The zero-order chi connectivity index (χ0) is 13.2. The number of aromatic nitrogens is 5. The molecule has 0 fully saturated rings. The first-order valence-corrected chi connectivity index (χ1v) is 5.32. The third-order valence-electron chi connectivity index (χ3n) is 2.31. The van der Waals surface area contributed by atoms with Crippen LogP contribution in [0.25, 0.3) is 5.65 Å². The van der Waals surface area contributed by atoms with Crippen LogP contribution in [-0.4, -0.2) is 24.8 Å². The van der Waals surface area contributed by atoms with Crippen molar-refractivity contribution in [1.82, 2.24) is 24.8 Å². The van der Waals surface area contributed by atoms with E-state index in [9.17, 15) is 8.78 Å². The van der Waals surface area contributed by atoms with Gasteiger partial charge in [0.25, 0.3) is 6.43 Å². The zero-order valence-corrected chi connectivity index (χ0v) is 9.44. The second-order valence-electron chi connectivity index (χ2n) is 3.59. The van der Waals surface area contributed by atoms with Gasteiger partial charge in [-0.25, -0.2) is 8.78 Å². The summed E-state index contributed by atoms with van der Waals surface area (Å²) in [5.41, 5.74) is 0.230. The van der Waals surface area contributed by atoms with Crippen molar-refractivity contribution in [3.8, 4) is 11.6 Å². The molecule has 0 radical (unpaired) electrons. The summed E-state index contributed by atoms with van der Waals surface area (Å²) in [5, 5.41) is 10.9. The van der Waals surface area contributed by atoms with Crippen LogP contribution in [0.3, 0.4) is 0 Å². The lowest BCUT2D eigenvalue weighted by Crippen LogP contribution is -2.00. The van der Waals surface area contributed by atoms with Gasteiger partial charge in [-0.3, -0.25) is 4.98 Å². The van der Waals surface area contributed by atoms with Crippen LogP contribution < -0.4 is 4.74 Å².